The molecule has 0 fully saturated rings. The molecule has 0 aromatic heterocycles. The van der Waals surface area contributed by atoms with Crippen LogP contribution in [0, 0.1) is 0 Å². The average molecular weight is 288 g/mol. The fourth-order valence-corrected chi connectivity index (χ4v) is 2.76. The van der Waals surface area contributed by atoms with Gasteiger partial charge in [-0.15, -0.1) is 0 Å². The first kappa shape index (κ1) is 15.5. The molecule has 0 bridgehead atoms. The molecule has 1 N–H and O–H groups in total. The molecule has 1 aliphatic heterocycles. The number of carbonyl (C=O) groups is 2. The van der Waals surface area contributed by atoms with Crippen LogP contribution in [0.25, 0.3) is 0 Å². The second-order valence-electron chi connectivity index (χ2n) is 6.53. The van der Waals surface area contributed by atoms with Crippen molar-refractivity contribution in [3.05, 3.63) is 35.4 Å². The Morgan fingerprint density at radius 3 is 2.57 bits per heavy atom. The van der Waals surface area contributed by atoms with Crippen LogP contribution < -0.4 is 5.32 Å². The summed E-state index contributed by atoms with van der Waals surface area (Å²) in [4.78, 5) is 26.6. The molecular formula is C17H24N2O2. The number of benzene rings is 1. The Bertz CT molecular complexity index is 546. The van der Waals surface area contributed by atoms with E-state index in [1.807, 2.05) is 52.0 Å². The first-order valence-electron chi connectivity index (χ1n) is 7.53. The Labute approximate surface area is 126 Å². The number of hydrogen-bond acceptors (Lipinski definition) is 2. The van der Waals surface area contributed by atoms with Gasteiger partial charge in [-0.25, -0.2) is 0 Å². The molecule has 1 aromatic rings. The quantitative estimate of drug-likeness (QED) is 0.908. The first-order valence-corrected chi connectivity index (χ1v) is 7.53. The topological polar surface area (TPSA) is 49.4 Å². The van der Waals surface area contributed by atoms with Crippen LogP contribution in [0.3, 0.4) is 0 Å². The highest BCUT2D eigenvalue weighted by atomic mass is 16.2. The van der Waals surface area contributed by atoms with Crippen molar-refractivity contribution in [1.29, 1.82) is 0 Å². The molecule has 21 heavy (non-hydrogen) atoms. The zero-order valence-corrected chi connectivity index (χ0v) is 13.3. The van der Waals surface area contributed by atoms with Crippen LogP contribution in [-0.4, -0.2) is 28.8 Å². The lowest BCUT2D eigenvalue weighted by atomic mass is 9.91. The lowest BCUT2D eigenvalue weighted by molar-refractivity contribution is -0.141. The van der Waals surface area contributed by atoms with Gasteiger partial charge in [0.15, 0.2) is 0 Å². The van der Waals surface area contributed by atoms with E-state index in [9.17, 15) is 9.59 Å². The van der Waals surface area contributed by atoms with Crippen molar-refractivity contribution >= 4 is 11.8 Å². The van der Waals surface area contributed by atoms with E-state index in [4.69, 9.17) is 0 Å². The largest absolute Gasteiger partial charge is 0.349 e. The summed E-state index contributed by atoms with van der Waals surface area (Å²) in [5, 5.41) is 3.01. The summed E-state index contributed by atoms with van der Waals surface area (Å²) in [5.74, 6) is -0.0741. The summed E-state index contributed by atoms with van der Waals surface area (Å²) in [6, 6.07) is 7.39. The number of fused-ring (bicyclic) bond motifs is 1. The zero-order valence-electron chi connectivity index (χ0n) is 13.3. The van der Waals surface area contributed by atoms with Gasteiger partial charge in [0.2, 0.25) is 11.8 Å². The number of carbonyl (C=O) groups excluding carboxylic acids is 2. The van der Waals surface area contributed by atoms with Crippen molar-refractivity contribution in [3.8, 4) is 0 Å². The third-order valence-corrected chi connectivity index (χ3v) is 3.65. The lowest BCUT2D eigenvalue weighted by Crippen LogP contribution is -2.51. The summed E-state index contributed by atoms with van der Waals surface area (Å²) in [5.41, 5.74) is 1.80. The van der Waals surface area contributed by atoms with Crippen LogP contribution in [0.4, 0.5) is 0 Å². The van der Waals surface area contributed by atoms with E-state index in [2.05, 4.69) is 5.32 Å². The molecule has 1 heterocycles. The van der Waals surface area contributed by atoms with Gasteiger partial charge in [-0.3, -0.25) is 9.59 Å². The Hall–Kier alpha value is -1.84. The average Bonchev–Trinajstić information content (AvgIpc) is 2.43. The van der Waals surface area contributed by atoms with E-state index in [1.54, 1.807) is 4.90 Å². The van der Waals surface area contributed by atoms with Crippen LogP contribution in [0.1, 0.15) is 51.3 Å². The van der Waals surface area contributed by atoms with Gasteiger partial charge in [0.25, 0.3) is 0 Å². The number of rotatable bonds is 2. The Morgan fingerprint density at radius 1 is 1.29 bits per heavy atom. The van der Waals surface area contributed by atoms with Crippen molar-refractivity contribution in [2.75, 3.05) is 6.54 Å². The van der Waals surface area contributed by atoms with E-state index in [1.165, 1.54) is 0 Å². The van der Waals surface area contributed by atoms with Crippen LogP contribution in [-0.2, 0) is 16.0 Å². The second-order valence-corrected chi connectivity index (χ2v) is 6.53. The van der Waals surface area contributed by atoms with Crippen LogP contribution >= 0.6 is 0 Å². The highest BCUT2D eigenvalue weighted by molar-refractivity contribution is 5.89. The summed E-state index contributed by atoms with van der Waals surface area (Å²) < 4.78 is 0. The van der Waals surface area contributed by atoms with Gasteiger partial charge in [0, 0.05) is 18.5 Å². The summed E-state index contributed by atoms with van der Waals surface area (Å²) in [6.45, 7) is 8.29. The van der Waals surface area contributed by atoms with Crippen molar-refractivity contribution in [3.63, 3.8) is 0 Å². The van der Waals surface area contributed by atoms with E-state index < -0.39 is 6.04 Å². The standard InChI is InChI=1S/C17H24N2O2/c1-5-14(20)19-11-10-12-8-6-7-9-13(12)15(19)16(21)18-17(2,3)4/h6-9,15H,5,10-11H2,1-4H3,(H,18,21). The molecule has 0 radical (unpaired) electrons. The number of nitrogens with zero attached hydrogens (tertiary/aromatic N) is 1. The van der Waals surface area contributed by atoms with E-state index in [0.717, 1.165) is 17.5 Å². The fourth-order valence-electron chi connectivity index (χ4n) is 2.76. The first-order chi connectivity index (χ1) is 9.83. The highest BCUT2D eigenvalue weighted by Crippen LogP contribution is 2.30. The third-order valence-electron chi connectivity index (χ3n) is 3.65. The van der Waals surface area contributed by atoms with Gasteiger partial charge >= 0.3 is 0 Å². The molecule has 1 aliphatic rings. The Morgan fingerprint density at radius 2 is 1.95 bits per heavy atom. The Balaban J connectivity index is 2.39. The highest BCUT2D eigenvalue weighted by Gasteiger charge is 2.36. The molecule has 1 aromatic carbocycles. The van der Waals surface area contributed by atoms with Crippen LogP contribution in [0.5, 0.6) is 0 Å². The maximum absolute atomic E-state index is 12.7. The molecule has 1 atom stereocenters. The van der Waals surface area contributed by atoms with Gasteiger partial charge in [-0.1, -0.05) is 31.2 Å². The zero-order chi connectivity index (χ0) is 15.6. The monoisotopic (exact) mass is 288 g/mol. The predicted octanol–water partition coefficient (Wildman–Crippen LogP) is 2.44. The molecule has 0 aliphatic carbocycles. The van der Waals surface area contributed by atoms with Gasteiger partial charge in [0.1, 0.15) is 6.04 Å². The molecule has 2 amide bonds. The van der Waals surface area contributed by atoms with Gasteiger partial charge in [-0.2, -0.15) is 0 Å². The minimum absolute atomic E-state index is 0.0264. The second kappa shape index (κ2) is 5.88. The van der Waals surface area contributed by atoms with Crippen molar-refractivity contribution in [2.45, 2.75) is 52.1 Å². The van der Waals surface area contributed by atoms with Gasteiger partial charge in [0.05, 0.1) is 0 Å². The molecule has 2 rings (SSSR count). The number of amides is 2. The van der Waals surface area contributed by atoms with Crippen LogP contribution in [0.15, 0.2) is 24.3 Å². The molecule has 4 nitrogen and oxygen atoms in total. The van der Waals surface area contributed by atoms with Crippen LogP contribution in [0.2, 0.25) is 0 Å². The molecule has 4 heteroatoms. The molecule has 1 unspecified atom stereocenters. The van der Waals surface area contributed by atoms with Gasteiger partial charge in [-0.05, 0) is 38.3 Å². The molecule has 0 spiro atoms. The van der Waals surface area contributed by atoms with E-state index in [-0.39, 0.29) is 17.4 Å². The van der Waals surface area contributed by atoms with E-state index in [0.29, 0.717) is 13.0 Å². The summed E-state index contributed by atoms with van der Waals surface area (Å²) in [6.07, 6.45) is 1.22. The minimum atomic E-state index is -0.512. The predicted molar refractivity (Wildman–Crippen MR) is 82.8 cm³/mol. The third kappa shape index (κ3) is 3.43. The van der Waals surface area contributed by atoms with E-state index >= 15 is 0 Å². The van der Waals surface area contributed by atoms with Crippen molar-refractivity contribution in [2.24, 2.45) is 0 Å². The smallest absolute Gasteiger partial charge is 0.247 e. The van der Waals surface area contributed by atoms with Gasteiger partial charge < -0.3 is 10.2 Å². The molecular weight excluding hydrogens is 264 g/mol. The Kier molecular flexibility index (Phi) is 4.35. The number of hydrogen-bond donors (Lipinski definition) is 1. The number of nitrogens with one attached hydrogen (secondary N) is 1. The molecule has 114 valence electrons. The van der Waals surface area contributed by atoms with Crippen molar-refractivity contribution in [1.82, 2.24) is 10.2 Å². The maximum atomic E-state index is 12.7. The molecule has 0 saturated heterocycles. The normalized spacial score (nSPS) is 18.1. The lowest BCUT2D eigenvalue weighted by Gasteiger charge is -2.37. The summed E-state index contributed by atoms with van der Waals surface area (Å²) >= 11 is 0. The minimum Gasteiger partial charge on any atom is -0.349 e. The summed E-state index contributed by atoms with van der Waals surface area (Å²) in [7, 11) is 0. The SMILES string of the molecule is CCC(=O)N1CCc2ccccc2C1C(=O)NC(C)(C)C. The van der Waals surface area contributed by atoms with Crippen molar-refractivity contribution < 1.29 is 9.59 Å². The fraction of sp³-hybridized carbons (Fsp3) is 0.529. The molecule has 0 saturated carbocycles. The maximum Gasteiger partial charge on any atom is 0.247 e.